The Hall–Kier alpha value is -1.63. The monoisotopic (exact) mass is 229 g/mol. The number of nitrogens with zero attached hydrogens (tertiary/aromatic N) is 1. The molecule has 7 heteroatoms. The largest absolute Gasteiger partial charge is 0.465 e. The molecule has 15 heavy (non-hydrogen) atoms. The van der Waals surface area contributed by atoms with Crippen LogP contribution in [0.1, 0.15) is 15.4 Å². The van der Waals surface area contributed by atoms with Crippen molar-refractivity contribution in [2.75, 3.05) is 19.0 Å². The molecule has 0 bridgehead atoms. The van der Waals surface area contributed by atoms with Crippen molar-refractivity contribution >= 4 is 28.3 Å². The van der Waals surface area contributed by atoms with Crippen LogP contribution in [0.2, 0.25) is 0 Å². The summed E-state index contributed by atoms with van der Waals surface area (Å²) in [6.45, 7) is 1.69. The minimum atomic E-state index is -0.484. The van der Waals surface area contributed by atoms with E-state index in [2.05, 4.69) is 15.0 Å². The van der Waals surface area contributed by atoms with Gasteiger partial charge in [-0.2, -0.15) is 0 Å². The van der Waals surface area contributed by atoms with E-state index in [1.54, 1.807) is 6.92 Å². The SMILES string of the molecule is COC(=O)c1sc(NCC(N)=O)nc1C. The number of aromatic nitrogens is 1. The normalized spacial score (nSPS) is 9.73. The molecule has 6 nitrogen and oxygen atoms in total. The number of esters is 1. The minimum Gasteiger partial charge on any atom is -0.465 e. The van der Waals surface area contributed by atoms with Gasteiger partial charge in [0.05, 0.1) is 19.3 Å². The Balaban J connectivity index is 2.76. The number of carbonyl (C=O) groups is 2. The summed E-state index contributed by atoms with van der Waals surface area (Å²) in [4.78, 5) is 26.2. The van der Waals surface area contributed by atoms with Gasteiger partial charge >= 0.3 is 5.97 Å². The number of hydrogen-bond donors (Lipinski definition) is 2. The predicted molar refractivity (Wildman–Crippen MR) is 55.9 cm³/mol. The molecule has 0 fully saturated rings. The summed E-state index contributed by atoms with van der Waals surface area (Å²) >= 11 is 1.13. The van der Waals surface area contributed by atoms with Gasteiger partial charge in [-0.15, -0.1) is 0 Å². The molecule has 1 aromatic rings. The molecule has 0 unspecified atom stereocenters. The van der Waals surface area contributed by atoms with Crippen molar-refractivity contribution in [3.63, 3.8) is 0 Å². The van der Waals surface area contributed by atoms with E-state index in [1.165, 1.54) is 7.11 Å². The van der Waals surface area contributed by atoms with Crippen LogP contribution >= 0.6 is 11.3 Å². The molecule has 1 amide bonds. The summed E-state index contributed by atoms with van der Waals surface area (Å²) in [5.74, 6) is -0.917. The molecule has 0 aliphatic heterocycles. The molecule has 0 atom stereocenters. The van der Waals surface area contributed by atoms with Crippen LogP contribution in [-0.4, -0.2) is 30.5 Å². The van der Waals surface area contributed by atoms with Crippen molar-refractivity contribution in [3.05, 3.63) is 10.6 Å². The third-order valence-electron chi connectivity index (χ3n) is 1.58. The molecule has 0 saturated heterocycles. The van der Waals surface area contributed by atoms with Gasteiger partial charge in [0.1, 0.15) is 4.88 Å². The Bertz CT molecular complexity index is 388. The summed E-state index contributed by atoms with van der Waals surface area (Å²) in [6.07, 6.45) is 0. The quantitative estimate of drug-likeness (QED) is 0.716. The van der Waals surface area contributed by atoms with Crippen LogP contribution < -0.4 is 11.1 Å². The van der Waals surface area contributed by atoms with Crippen molar-refractivity contribution in [2.45, 2.75) is 6.92 Å². The molecule has 0 aliphatic rings. The maximum Gasteiger partial charge on any atom is 0.350 e. The lowest BCUT2D eigenvalue weighted by atomic mass is 10.4. The van der Waals surface area contributed by atoms with Gasteiger partial charge in [0, 0.05) is 0 Å². The first kappa shape index (κ1) is 11.4. The minimum absolute atomic E-state index is 0.00638. The molecule has 3 N–H and O–H groups in total. The maximum atomic E-state index is 11.2. The van der Waals surface area contributed by atoms with E-state index in [4.69, 9.17) is 5.73 Å². The summed E-state index contributed by atoms with van der Waals surface area (Å²) < 4.78 is 4.57. The number of aryl methyl sites for hydroxylation is 1. The number of carbonyl (C=O) groups excluding carboxylic acids is 2. The number of anilines is 1. The summed E-state index contributed by atoms with van der Waals surface area (Å²) in [5, 5.41) is 3.19. The summed E-state index contributed by atoms with van der Waals surface area (Å²) in [7, 11) is 1.30. The van der Waals surface area contributed by atoms with E-state index in [0.29, 0.717) is 15.7 Å². The topological polar surface area (TPSA) is 94.3 Å². The van der Waals surface area contributed by atoms with Crippen LogP contribution in [0.4, 0.5) is 5.13 Å². The molecule has 0 saturated carbocycles. The number of hydrogen-bond acceptors (Lipinski definition) is 6. The van der Waals surface area contributed by atoms with E-state index in [9.17, 15) is 9.59 Å². The molecular weight excluding hydrogens is 218 g/mol. The number of amides is 1. The van der Waals surface area contributed by atoms with Crippen LogP contribution in [0.25, 0.3) is 0 Å². The fourth-order valence-electron chi connectivity index (χ4n) is 0.917. The number of nitrogens with one attached hydrogen (secondary N) is 1. The average Bonchev–Trinajstić information content (AvgIpc) is 2.55. The average molecular weight is 229 g/mol. The zero-order chi connectivity index (χ0) is 11.4. The van der Waals surface area contributed by atoms with Gasteiger partial charge in [-0.3, -0.25) is 4.79 Å². The van der Waals surface area contributed by atoms with Crippen molar-refractivity contribution in [1.29, 1.82) is 0 Å². The Labute approximate surface area is 90.4 Å². The maximum absolute atomic E-state index is 11.2. The first-order valence-electron chi connectivity index (χ1n) is 4.12. The molecular formula is C8H11N3O3S. The highest BCUT2D eigenvalue weighted by Gasteiger charge is 2.15. The van der Waals surface area contributed by atoms with Gasteiger partial charge in [-0.05, 0) is 6.92 Å². The molecule has 1 aromatic heterocycles. The van der Waals surface area contributed by atoms with E-state index in [-0.39, 0.29) is 6.54 Å². The Morgan fingerprint density at radius 1 is 1.60 bits per heavy atom. The van der Waals surface area contributed by atoms with E-state index < -0.39 is 11.9 Å². The van der Waals surface area contributed by atoms with Gasteiger partial charge < -0.3 is 15.8 Å². The lowest BCUT2D eigenvalue weighted by Crippen LogP contribution is -2.21. The number of primary amides is 1. The van der Waals surface area contributed by atoms with Crippen molar-refractivity contribution < 1.29 is 14.3 Å². The highest BCUT2D eigenvalue weighted by atomic mass is 32.1. The van der Waals surface area contributed by atoms with Gasteiger partial charge in [0.25, 0.3) is 0 Å². The molecule has 0 radical (unpaired) electrons. The zero-order valence-electron chi connectivity index (χ0n) is 8.36. The number of thiazole rings is 1. The van der Waals surface area contributed by atoms with Crippen molar-refractivity contribution in [3.8, 4) is 0 Å². The fourth-order valence-corrected chi connectivity index (χ4v) is 1.80. The molecule has 0 spiro atoms. The third kappa shape index (κ3) is 2.91. The van der Waals surface area contributed by atoms with Gasteiger partial charge in [-0.1, -0.05) is 11.3 Å². The van der Waals surface area contributed by atoms with Crippen LogP contribution in [0.15, 0.2) is 0 Å². The summed E-state index contributed by atoms with van der Waals surface area (Å²) in [5.41, 5.74) is 5.52. The number of methoxy groups -OCH3 is 1. The van der Waals surface area contributed by atoms with Crippen LogP contribution in [0.3, 0.4) is 0 Å². The van der Waals surface area contributed by atoms with Gasteiger partial charge in [0.2, 0.25) is 5.91 Å². The Kier molecular flexibility index (Phi) is 3.62. The fraction of sp³-hybridized carbons (Fsp3) is 0.375. The first-order chi connectivity index (χ1) is 7.04. The second-order valence-corrected chi connectivity index (χ2v) is 3.74. The highest BCUT2D eigenvalue weighted by Crippen LogP contribution is 2.22. The zero-order valence-corrected chi connectivity index (χ0v) is 9.18. The van der Waals surface area contributed by atoms with Crippen LogP contribution in [0, 0.1) is 6.92 Å². The number of nitrogens with two attached hydrogens (primary N) is 1. The second-order valence-electron chi connectivity index (χ2n) is 2.75. The third-order valence-corrected chi connectivity index (χ3v) is 2.68. The second kappa shape index (κ2) is 4.74. The molecule has 1 rings (SSSR count). The van der Waals surface area contributed by atoms with E-state index in [1.807, 2.05) is 0 Å². The Morgan fingerprint density at radius 3 is 2.80 bits per heavy atom. The molecule has 0 aromatic carbocycles. The summed E-state index contributed by atoms with van der Waals surface area (Å²) in [6, 6.07) is 0. The van der Waals surface area contributed by atoms with E-state index >= 15 is 0 Å². The van der Waals surface area contributed by atoms with Crippen molar-refractivity contribution in [2.24, 2.45) is 5.73 Å². The molecule has 82 valence electrons. The smallest absolute Gasteiger partial charge is 0.350 e. The standard InChI is InChI=1S/C8H11N3O3S/c1-4-6(7(13)14-2)15-8(11-4)10-3-5(9)12/h3H2,1-2H3,(H2,9,12)(H,10,11). The van der Waals surface area contributed by atoms with Crippen molar-refractivity contribution in [1.82, 2.24) is 4.98 Å². The first-order valence-corrected chi connectivity index (χ1v) is 4.94. The van der Waals surface area contributed by atoms with Gasteiger partial charge in [-0.25, -0.2) is 9.78 Å². The van der Waals surface area contributed by atoms with E-state index in [0.717, 1.165) is 11.3 Å². The van der Waals surface area contributed by atoms with Gasteiger partial charge in [0.15, 0.2) is 5.13 Å². The lowest BCUT2D eigenvalue weighted by molar-refractivity contribution is -0.116. The highest BCUT2D eigenvalue weighted by molar-refractivity contribution is 7.17. The molecule has 1 heterocycles. The predicted octanol–water partition coefficient (Wildman–Crippen LogP) is 0.135. The lowest BCUT2D eigenvalue weighted by Gasteiger charge is -1.96. The number of rotatable bonds is 4. The van der Waals surface area contributed by atoms with Crippen LogP contribution in [-0.2, 0) is 9.53 Å². The number of ether oxygens (including phenoxy) is 1. The molecule has 0 aliphatic carbocycles. The van der Waals surface area contributed by atoms with Crippen LogP contribution in [0.5, 0.6) is 0 Å². The Morgan fingerprint density at radius 2 is 2.27 bits per heavy atom.